The number of aromatic nitrogens is 5. The fourth-order valence-corrected chi connectivity index (χ4v) is 3.75. The average molecular weight is 417 g/mol. The Hall–Kier alpha value is -3.72. The highest BCUT2D eigenvalue weighted by Gasteiger charge is 2.43. The number of carbonyl (C=O) groups excluding carboxylic acids is 1. The smallest absolute Gasteiger partial charge is 0.293 e. The SMILES string of the molecule is COCc1ccc(NC(=O)c2nc(N)c3c(-n4cccn4)c(C4(C)CC4)[nH]c3n2)cc1. The molecule has 4 aromatic rings. The quantitative estimate of drug-likeness (QED) is 0.443. The molecule has 1 aliphatic rings. The molecule has 0 radical (unpaired) electrons. The van der Waals surface area contributed by atoms with Crippen LogP contribution in [0.3, 0.4) is 0 Å². The van der Waals surface area contributed by atoms with E-state index in [1.807, 2.05) is 36.5 Å². The summed E-state index contributed by atoms with van der Waals surface area (Å²) in [5, 5.41) is 7.88. The number of carbonyl (C=O) groups is 1. The fourth-order valence-electron chi connectivity index (χ4n) is 3.75. The molecule has 0 spiro atoms. The van der Waals surface area contributed by atoms with Crippen molar-refractivity contribution >= 4 is 28.4 Å². The van der Waals surface area contributed by atoms with Gasteiger partial charge in [0, 0.05) is 36.3 Å². The van der Waals surface area contributed by atoms with E-state index < -0.39 is 5.91 Å². The lowest BCUT2D eigenvalue weighted by molar-refractivity contribution is 0.101. The first-order valence-electron chi connectivity index (χ1n) is 10.1. The second-order valence-electron chi connectivity index (χ2n) is 8.10. The minimum absolute atomic E-state index is 0.00623. The van der Waals surface area contributed by atoms with Crippen LogP contribution in [0, 0.1) is 0 Å². The zero-order valence-electron chi connectivity index (χ0n) is 17.3. The Balaban J connectivity index is 1.52. The number of ether oxygens (including phenoxy) is 1. The van der Waals surface area contributed by atoms with Crippen LogP contribution in [0.2, 0.25) is 0 Å². The first-order chi connectivity index (χ1) is 15.0. The third kappa shape index (κ3) is 3.42. The molecular weight excluding hydrogens is 394 g/mol. The summed E-state index contributed by atoms with van der Waals surface area (Å²) < 4.78 is 6.88. The van der Waals surface area contributed by atoms with Gasteiger partial charge in [-0.2, -0.15) is 5.10 Å². The molecule has 3 aromatic heterocycles. The number of benzene rings is 1. The van der Waals surface area contributed by atoms with Gasteiger partial charge in [-0.1, -0.05) is 19.1 Å². The molecular formula is C22H23N7O2. The van der Waals surface area contributed by atoms with E-state index in [1.54, 1.807) is 18.0 Å². The lowest BCUT2D eigenvalue weighted by atomic mass is 10.0. The Bertz CT molecular complexity index is 1260. The summed E-state index contributed by atoms with van der Waals surface area (Å²) in [7, 11) is 1.64. The number of nitrogens with zero attached hydrogens (tertiary/aromatic N) is 4. The minimum Gasteiger partial charge on any atom is -0.383 e. The van der Waals surface area contributed by atoms with Crippen molar-refractivity contribution in [2.45, 2.75) is 31.8 Å². The number of methoxy groups -OCH3 is 1. The second kappa shape index (κ2) is 7.21. The van der Waals surface area contributed by atoms with Gasteiger partial charge in [0.1, 0.15) is 11.5 Å². The highest BCUT2D eigenvalue weighted by molar-refractivity contribution is 6.04. The molecule has 1 saturated carbocycles. The Morgan fingerprint density at radius 3 is 2.71 bits per heavy atom. The molecule has 9 heteroatoms. The first kappa shape index (κ1) is 19.3. The number of hydrogen-bond donors (Lipinski definition) is 3. The first-order valence-corrected chi connectivity index (χ1v) is 10.1. The molecule has 31 heavy (non-hydrogen) atoms. The maximum absolute atomic E-state index is 12.8. The molecule has 1 amide bonds. The third-order valence-corrected chi connectivity index (χ3v) is 5.72. The van der Waals surface area contributed by atoms with Gasteiger partial charge in [0.2, 0.25) is 5.82 Å². The molecule has 0 unspecified atom stereocenters. The number of nitrogens with one attached hydrogen (secondary N) is 2. The van der Waals surface area contributed by atoms with E-state index in [9.17, 15) is 4.79 Å². The Morgan fingerprint density at radius 2 is 2.06 bits per heavy atom. The van der Waals surface area contributed by atoms with Crippen molar-refractivity contribution in [3.05, 3.63) is 59.8 Å². The summed E-state index contributed by atoms with van der Waals surface area (Å²) in [5.41, 5.74) is 10.4. The van der Waals surface area contributed by atoms with Crippen LogP contribution in [0.15, 0.2) is 42.7 Å². The lowest BCUT2D eigenvalue weighted by Gasteiger charge is -2.10. The standard InChI is InChI=1S/C22H23N7O2/c1-22(8-9-22)17-16(29-11-3-10-24-29)15-18(23)27-20(28-19(15)26-17)21(30)25-14-6-4-13(5-7-14)12-31-2/h3-7,10-11H,8-9,12H2,1-2H3,(H,25,30)(H3,23,26,27,28). The van der Waals surface area contributed by atoms with E-state index in [-0.39, 0.29) is 17.1 Å². The minimum atomic E-state index is -0.428. The number of amides is 1. The molecule has 1 fully saturated rings. The van der Waals surface area contributed by atoms with Gasteiger partial charge >= 0.3 is 0 Å². The van der Waals surface area contributed by atoms with Crippen molar-refractivity contribution < 1.29 is 9.53 Å². The average Bonchev–Trinajstić information content (AvgIpc) is 3.16. The number of nitrogen functional groups attached to an aromatic ring is 1. The van der Waals surface area contributed by atoms with Gasteiger partial charge in [0.15, 0.2) is 0 Å². The van der Waals surface area contributed by atoms with E-state index in [4.69, 9.17) is 10.5 Å². The highest BCUT2D eigenvalue weighted by atomic mass is 16.5. The van der Waals surface area contributed by atoms with Gasteiger partial charge in [-0.3, -0.25) is 4.79 Å². The Labute approximate surface area is 178 Å². The largest absolute Gasteiger partial charge is 0.383 e. The molecule has 0 bridgehead atoms. The van der Waals surface area contributed by atoms with Crippen molar-refractivity contribution in [1.82, 2.24) is 24.7 Å². The summed E-state index contributed by atoms with van der Waals surface area (Å²) >= 11 is 0. The van der Waals surface area contributed by atoms with Crippen LogP contribution in [-0.2, 0) is 16.8 Å². The van der Waals surface area contributed by atoms with Gasteiger partial charge in [-0.05, 0) is 36.6 Å². The number of aromatic amines is 1. The zero-order valence-corrected chi connectivity index (χ0v) is 17.3. The van der Waals surface area contributed by atoms with E-state index in [2.05, 4.69) is 32.3 Å². The van der Waals surface area contributed by atoms with Crippen molar-refractivity contribution in [2.75, 3.05) is 18.2 Å². The number of anilines is 2. The van der Waals surface area contributed by atoms with Gasteiger partial charge in [0.25, 0.3) is 5.91 Å². The molecule has 0 atom stereocenters. The van der Waals surface area contributed by atoms with Gasteiger partial charge in [0.05, 0.1) is 17.7 Å². The number of hydrogen-bond acceptors (Lipinski definition) is 6. The van der Waals surface area contributed by atoms with Crippen LogP contribution in [0.1, 0.15) is 41.6 Å². The Morgan fingerprint density at radius 1 is 1.29 bits per heavy atom. The van der Waals surface area contributed by atoms with E-state index in [1.165, 1.54) is 0 Å². The highest BCUT2D eigenvalue weighted by Crippen LogP contribution is 2.50. The van der Waals surface area contributed by atoms with E-state index >= 15 is 0 Å². The summed E-state index contributed by atoms with van der Waals surface area (Å²) in [5.74, 6) is -0.183. The monoisotopic (exact) mass is 417 g/mol. The predicted octanol–water partition coefficient (Wildman–Crippen LogP) is 3.18. The molecule has 1 aromatic carbocycles. The van der Waals surface area contributed by atoms with Crippen LogP contribution in [-0.4, -0.2) is 37.7 Å². The predicted molar refractivity (Wildman–Crippen MR) is 117 cm³/mol. The number of rotatable bonds is 6. The van der Waals surface area contributed by atoms with Crippen LogP contribution >= 0.6 is 0 Å². The van der Waals surface area contributed by atoms with Crippen molar-refractivity contribution in [3.63, 3.8) is 0 Å². The summed E-state index contributed by atoms with van der Waals surface area (Å²) in [6.45, 7) is 2.70. The molecule has 9 nitrogen and oxygen atoms in total. The van der Waals surface area contributed by atoms with Crippen molar-refractivity contribution in [3.8, 4) is 5.69 Å². The van der Waals surface area contributed by atoms with Crippen LogP contribution < -0.4 is 11.1 Å². The fraction of sp³-hybridized carbons (Fsp3) is 0.273. The van der Waals surface area contributed by atoms with Crippen LogP contribution in [0.4, 0.5) is 11.5 Å². The van der Waals surface area contributed by atoms with Gasteiger partial charge in [-0.25, -0.2) is 14.6 Å². The maximum Gasteiger partial charge on any atom is 0.293 e. The lowest BCUT2D eigenvalue weighted by Crippen LogP contribution is -2.16. The molecule has 5 rings (SSSR count). The normalized spacial score (nSPS) is 14.6. The zero-order chi connectivity index (χ0) is 21.6. The third-order valence-electron chi connectivity index (χ3n) is 5.72. The topological polar surface area (TPSA) is 124 Å². The summed E-state index contributed by atoms with van der Waals surface area (Å²) in [4.78, 5) is 25.0. The maximum atomic E-state index is 12.8. The number of fused-ring (bicyclic) bond motifs is 1. The summed E-state index contributed by atoms with van der Waals surface area (Å²) in [6.07, 6.45) is 5.71. The Kier molecular flexibility index (Phi) is 4.48. The van der Waals surface area contributed by atoms with E-state index in [0.29, 0.717) is 23.3 Å². The second-order valence-corrected chi connectivity index (χ2v) is 8.10. The number of H-pyrrole nitrogens is 1. The van der Waals surface area contributed by atoms with Crippen LogP contribution in [0.25, 0.3) is 16.7 Å². The molecule has 0 aliphatic heterocycles. The molecule has 158 valence electrons. The molecule has 3 heterocycles. The van der Waals surface area contributed by atoms with Gasteiger partial charge in [-0.15, -0.1) is 0 Å². The van der Waals surface area contributed by atoms with Crippen molar-refractivity contribution in [1.29, 1.82) is 0 Å². The number of nitrogens with two attached hydrogens (primary N) is 1. The van der Waals surface area contributed by atoms with E-state index in [0.717, 1.165) is 29.8 Å². The van der Waals surface area contributed by atoms with Crippen molar-refractivity contribution in [2.24, 2.45) is 0 Å². The summed E-state index contributed by atoms with van der Waals surface area (Å²) in [6, 6.07) is 9.26. The van der Waals surface area contributed by atoms with Gasteiger partial charge < -0.3 is 20.8 Å². The molecule has 1 aliphatic carbocycles. The molecule has 0 saturated heterocycles. The van der Waals surface area contributed by atoms with Crippen LogP contribution in [0.5, 0.6) is 0 Å². The molecule has 4 N–H and O–H groups in total.